The molecule has 1 amide bonds. The van der Waals surface area contributed by atoms with Gasteiger partial charge in [0.2, 0.25) is 0 Å². The highest BCUT2D eigenvalue weighted by Gasteiger charge is 2.44. The van der Waals surface area contributed by atoms with Crippen LogP contribution in [0.1, 0.15) is 36.6 Å². The van der Waals surface area contributed by atoms with Crippen molar-refractivity contribution in [2.75, 3.05) is 11.9 Å². The molecule has 1 saturated heterocycles. The maximum atomic E-state index is 12.2. The highest BCUT2D eigenvalue weighted by Crippen LogP contribution is 2.37. The molecule has 5 atom stereocenters. The Morgan fingerprint density at radius 3 is 2.53 bits per heavy atom. The van der Waals surface area contributed by atoms with E-state index in [-0.39, 0.29) is 5.91 Å². The van der Waals surface area contributed by atoms with Gasteiger partial charge < -0.3 is 35.2 Å². The van der Waals surface area contributed by atoms with Gasteiger partial charge in [0.1, 0.15) is 36.3 Å². The van der Waals surface area contributed by atoms with E-state index in [4.69, 9.17) is 21.1 Å². The summed E-state index contributed by atoms with van der Waals surface area (Å²) >= 11 is 6.41. The maximum absolute atomic E-state index is 12.2. The SMILES string of the molecule is CC1(C)Oc2ccc(Cc3cc(C4O[C@H](CO)C(O)[C@H](O)C4O)ccc3Cl)cc2NC1=O. The summed E-state index contributed by atoms with van der Waals surface area (Å²) in [5.41, 5.74) is 1.80. The summed E-state index contributed by atoms with van der Waals surface area (Å²) < 4.78 is 11.4. The van der Waals surface area contributed by atoms with Crippen LogP contribution >= 0.6 is 11.6 Å². The molecule has 0 bridgehead atoms. The van der Waals surface area contributed by atoms with Crippen LogP contribution in [0.5, 0.6) is 5.75 Å². The van der Waals surface area contributed by atoms with Crippen LogP contribution in [0, 0.1) is 0 Å². The van der Waals surface area contributed by atoms with Gasteiger partial charge in [-0.2, -0.15) is 0 Å². The van der Waals surface area contributed by atoms with Gasteiger partial charge in [-0.25, -0.2) is 0 Å². The van der Waals surface area contributed by atoms with Crippen molar-refractivity contribution in [1.82, 2.24) is 0 Å². The van der Waals surface area contributed by atoms with Gasteiger partial charge in [0, 0.05) is 5.02 Å². The molecule has 32 heavy (non-hydrogen) atoms. The van der Waals surface area contributed by atoms with Gasteiger partial charge in [-0.15, -0.1) is 0 Å². The van der Waals surface area contributed by atoms with E-state index in [0.29, 0.717) is 28.4 Å². The average Bonchev–Trinajstić information content (AvgIpc) is 2.75. The minimum atomic E-state index is -1.46. The second kappa shape index (κ2) is 8.62. The summed E-state index contributed by atoms with van der Waals surface area (Å²) in [6.45, 7) is 2.90. The zero-order valence-electron chi connectivity index (χ0n) is 17.7. The van der Waals surface area contributed by atoms with Crippen LogP contribution in [0.3, 0.4) is 0 Å². The van der Waals surface area contributed by atoms with Crippen LogP contribution < -0.4 is 10.1 Å². The molecule has 2 aliphatic rings. The zero-order valence-corrected chi connectivity index (χ0v) is 18.4. The van der Waals surface area contributed by atoms with E-state index < -0.39 is 42.7 Å². The highest BCUT2D eigenvalue weighted by atomic mass is 35.5. The zero-order chi connectivity index (χ0) is 23.2. The number of fused-ring (bicyclic) bond motifs is 1. The molecule has 2 heterocycles. The highest BCUT2D eigenvalue weighted by molar-refractivity contribution is 6.31. The topological polar surface area (TPSA) is 128 Å². The van der Waals surface area contributed by atoms with Gasteiger partial charge in [0.25, 0.3) is 5.91 Å². The molecule has 2 aromatic rings. The van der Waals surface area contributed by atoms with Gasteiger partial charge in [0.15, 0.2) is 5.60 Å². The molecule has 4 rings (SSSR count). The van der Waals surface area contributed by atoms with Gasteiger partial charge >= 0.3 is 0 Å². The molecule has 172 valence electrons. The van der Waals surface area contributed by atoms with Crippen LogP contribution in [0.4, 0.5) is 5.69 Å². The first-order chi connectivity index (χ1) is 15.1. The van der Waals surface area contributed by atoms with Crippen molar-refractivity contribution in [2.45, 2.75) is 56.4 Å². The van der Waals surface area contributed by atoms with E-state index in [1.165, 1.54) is 0 Å². The van der Waals surface area contributed by atoms with Crippen molar-refractivity contribution in [3.05, 3.63) is 58.1 Å². The van der Waals surface area contributed by atoms with Gasteiger partial charge in [0.05, 0.1) is 12.3 Å². The summed E-state index contributed by atoms with van der Waals surface area (Å²) in [7, 11) is 0. The van der Waals surface area contributed by atoms with Crippen LogP contribution in [0.2, 0.25) is 5.02 Å². The first-order valence-corrected chi connectivity index (χ1v) is 10.7. The fraction of sp³-hybridized carbons (Fsp3) is 0.435. The maximum Gasteiger partial charge on any atom is 0.268 e. The van der Waals surface area contributed by atoms with E-state index in [1.54, 1.807) is 38.1 Å². The molecule has 0 saturated carbocycles. The average molecular weight is 464 g/mol. The summed E-state index contributed by atoms with van der Waals surface area (Å²) in [6, 6.07) is 10.6. The Bertz CT molecular complexity index is 1030. The predicted molar refractivity (Wildman–Crippen MR) is 117 cm³/mol. The van der Waals surface area contributed by atoms with Crippen LogP contribution in [-0.2, 0) is 16.0 Å². The molecule has 1 fully saturated rings. The second-order valence-electron chi connectivity index (χ2n) is 8.67. The number of benzene rings is 2. The fourth-order valence-corrected chi connectivity index (χ4v) is 4.16. The Balaban J connectivity index is 1.59. The molecular weight excluding hydrogens is 438 g/mol. The lowest BCUT2D eigenvalue weighted by atomic mass is 9.90. The molecule has 2 aromatic carbocycles. The van der Waals surface area contributed by atoms with E-state index in [1.807, 2.05) is 12.1 Å². The van der Waals surface area contributed by atoms with Crippen molar-refractivity contribution in [3.63, 3.8) is 0 Å². The van der Waals surface area contributed by atoms with Crippen molar-refractivity contribution in [2.24, 2.45) is 0 Å². The van der Waals surface area contributed by atoms with Crippen molar-refractivity contribution in [3.8, 4) is 5.75 Å². The van der Waals surface area contributed by atoms with E-state index >= 15 is 0 Å². The van der Waals surface area contributed by atoms with Gasteiger partial charge in [-0.3, -0.25) is 4.79 Å². The third-order valence-electron chi connectivity index (χ3n) is 5.89. The lowest BCUT2D eigenvalue weighted by Crippen LogP contribution is -2.55. The molecule has 8 nitrogen and oxygen atoms in total. The number of nitrogens with one attached hydrogen (secondary N) is 1. The van der Waals surface area contributed by atoms with Crippen LogP contribution in [0.25, 0.3) is 0 Å². The standard InChI is InChI=1S/C23H26ClNO7/c1-23(2)22(30)25-15-8-11(3-6-16(15)32-23)7-13-9-12(4-5-14(13)24)21-20(29)19(28)18(27)17(10-26)31-21/h3-6,8-9,17-21,26-29H,7,10H2,1-2H3,(H,25,30)/t17-,18?,19+,20?,21?/m1/s1. The normalized spacial score (nSPS) is 29.1. The van der Waals surface area contributed by atoms with E-state index in [2.05, 4.69) is 5.32 Å². The molecule has 0 radical (unpaired) electrons. The number of aliphatic hydroxyl groups excluding tert-OH is 4. The lowest BCUT2D eigenvalue weighted by Gasteiger charge is -2.40. The lowest BCUT2D eigenvalue weighted by molar-refractivity contribution is -0.231. The third kappa shape index (κ3) is 4.22. The number of carbonyl (C=O) groups excluding carboxylic acids is 1. The smallest absolute Gasteiger partial charge is 0.268 e. The Morgan fingerprint density at radius 2 is 1.81 bits per heavy atom. The number of carbonyl (C=O) groups is 1. The molecule has 2 aliphatic heterocycles. The van der Waals surface area contributed by atoms with Crippen LogP contribution in [-0.4, -0.2) is 63.0 Å². The fourth-order valence-electron chi connectivity index (χ4n) is 3.97. The number of rotatable bonds is 4. The number of anilines is 1. The summed E-state index contributed by atoms with van der Waals surface area (Å²) in [4.78, 5) is 12.2. The Hall–Kier alpha value is -2.20. The number of ether oxygens (including phenoxy) is 2. The molecule has 0 spiro atoms. The van der Waals surface area contributed by atoms with Crippen molar-refractivity contribution >= 4 is 23.2 Å². The summed E-state index contributed by atoms with van der Waals surface area (Å²) in [5.74, 6) is 0.351. The first kappa shape index (κ1) is 23.0. The van der Waals surface area contributed by atoms with Crippen molar-refractivity contribution < 1.29 is 34.7 Å². The Labute approximate surface area is 190 Å². The number of hydrogen-bond donors (Lipinski definition) is 5. The van der Waals surface area contributed by atoms with Gasteiger partial charge in [-0.1, -0.05) is 29.8 Å². The van der Waals surface area contributed by atoms with Crippen molar-refractivity contribution in [1.29, 1.82) is 0 Å². The van der Waals surface area contributed by atoms with E-state index in [9.17, 15) is 25.2 Å². The number of halogens is 1. The Kier molecular flexibility index (Phi) is 6.19. The predicted octanol–water partition coefficient (Wildman–Crippen LogP) is 1.56. The summed E-state index contributed by atoms with van der Waals surface area (Å²) in [5, 5.41) is 43.3. The molecule has 0 aliphatic carbocycles. The minimum Gasteiger partial charge on any atom is -0.476 e. The monoisotopic (exact) mass is 463 g/mol. The number of amides is 1. The van der Waals surface area contributed by atoms with Gasteiger partial charge in [-0.05, 0) is 55.2 Å². The minimum absolute atomic E-state index is 0.232. The van der Waals surface area contributed by atoms with Crippen LogP contribution in [0.15, 0.2) is 36.4 Å². The van der Waals surface area contributed by atoms with E-state index in [0.717, 1.165) is 11.1 Å². The summed E-state index contributed by atoms with van der Waals surface area (Å²) in [6.07, 6.45) is -5.77. The molecular formula is C23H26ClNO7. The number of aliphatic hydroxyl groups is 4. The first-order valence-electron chi connectivity index (χ1n) is 10.3. The third-order valence-corrected chi connectivity index (χ3v) is 6.26. The molecule has 0 aromatic heterocycles. The second-order valence-corrected chi connectivity index (χ2v) is 9.08. The number of hydrogen-bond acceptors (Lipinski definition) is 7. The molecule has 9 heteroatoms. The largest absolute Gasteiger partial charge is 0.476 e. The molecule has 3 unspecified atom stereocenters. The Morgan fingerprint density at radius 1 is 1.06 bits per heavy atom. The molecule has 5 N–H and O–H groups in total. The quantitative estimate of drug-likeness (QED) is 0.465.